The Morgan fingerprint density at radius 2 is 2.20 bits per heavy atom. The van der Waals surface area contributed by atoms with Crippen molar-refractivity contribution in [3.63, 3.8) is 0 Å². The predicted molar refractivity (Wildman–Crippen MR) is 43.0 cm³/mol. The number of hydrogen-bond acceptors (Lipinski definition) is 0. The molecule has 2 aromatic rings. The summed E-state index contributed by atoms with van der Waals surface area (Å²) in [6, 6.07) is 7.97. The number of nitrogens with one attached hydrogen (secondary N) is 1. The lowest BCUT2D eigenvalue weighted by molar-refractivity contribution is 1.43. The van der Waals surface area contributed by atoms with E-state index in [-0.39, 0.29) is 0 Å². The van der Waals surface area contributed by atoms with Gasteiger partial charge >= 0.3 is 0 Å². The van der Waals surface area contributed by atoms with E-state index < -0.39 is 0 Å². The summed E-state index contributed by atoms with van der Waals surface area (Å²) in [5.41, 5.74) is 2.08. The number of aromatic nitrogens is 1. The molecule has 0 aliphatic heterocycles. The van der Waals surface area contributed by atoms with Gasteiger partial charge in [0, 0.05) is 17.1 Å². The molecule has 1 N–H and O–H groups in total. The average Bonchev–Trinajstić information content (AvgIpc) is 2.30. The molecule has 2 rings (SSSR count). The van der Waals surface area contributed by atoms with Gasteiger partial charge in [0.1, 0.15) is 0 Å². The fraction of sp³-hybridized carbons (Fsp3) is 0.111. The first kappa shape index (κ1) is 4.56. The normalized spacial score (nSPS) is 11.9. The van der Waals surface area contributed by atoms with Gasteiger partial charge in [-0.3, -0.25) is 0 Å². The van der Waals surface area contributed by atoms with Gasteiger partial charge in [-0.1, -0.05) is 18.2 Å². The summed E-state index contributed by atoms with van der Waals surface area (Å²) in [7, 11) is 0. The van der Waals surface area contributed by atoms with Crippen LogP contribution in [0.2, 0.25) is 0 Å². The Labute approximate surface area is 61.1 Å². The van der Waals surface area contributed by atoms with Gasteiger partial charge in [0.15, 0.2) is 0 Å². The molecule has 0 saturated heterocycles. The van der Waals surface area contributed by atoms with E-state index in [0.717, 1.165) is 16.5 Å². The van der Waals surface area contributed by atoms with Gasteiger partial charge < -0.3 is 4.98 Å². The highest BCUT2D eigenvalue weighted by atomic mass is 14.7. The second kappa shape index (κ2) is 1.87. The van der Waals surface area contributed by atoms with E-state index in [0.29, 0.717) is 6.17 Å². The third-order valence-corrected chi connectivity index (χ3v) is 1.72. The molecule has 0 bridgehead atoms. The Bertz CT molecular complexity index is 389. The van der Waals surface area contributed by atoms with Crippen LogP contribution in [0.4, 0.5) is 0 Å². The van der Waals surface area contributed by atoms with Gasteiger partial charge in [-0.15, -0.1) is 0 Å². The highest BCUT2D eigenvalue weighted by Gasteiger charge is 1.94. The molecular weight excluding hydrogens is 122 g/mol. The maximum Gasteiger partial charge on any atom is 0.0819 e. The van der Waals surface area contributed by atoms with Gasteiger partial charge in [-0.05, 0) is 18.6 Å². The molecule has 0 saturated carbocycles. The number of aryl methyl sites for hydroxylation is 1. The van der Waals surface area contributed by atoms with Crippen molar-refractivity contribution in [1.82, 2.24) is 4.98 Å². The molecule has 0 fully saturated rings. The highest BCUT2D eigenvalue weighted by Crippen LogP contribution is 2.15. The fourth-order valence-electron chi connectivity index (χ4n) is 1.15. The van der Waals surface area contributed by atoms with E-state index >= 15 is 0 Å². The zero-order valence-electron chi connectivity index (χ0n) is 6.81. The summed E-state index contributed by atoms with van der Waals surface area (Å²) in [5, 5.41) is 1.15. The lowest BCUT2D eigenvalue weighted by atomic mass is 10.2. The third kappa shape index (κ3) is 0.637. The summed E-state index contributed by atoms with van der Waals surface area (Å²) < 4.78 is 7.49. The minimum absolute atomic E-state index is 0.520. The Hall–Kier alpha value is -1.24. The van der Waals surface area contributed by atoms with Crippen LogP contribution in [0, 0.1) is 6.92 Å². The van der Waals surface area contributed by atoms with Crippen molar-refractivity contribution in [3.8, 4) is 0 Å². The van der Waals surface area contributed by atoms with E-state index in [4.69, 9.17) is 1.37 Å². The predicted octanol–water partition coefficient (Wildman–Crippen LogP) is 2.48. The highest BCUT2D eigenvalue weighted by molar-refractivity contribution is 5.82. The molecular formula is C9H9N. The van der Waals surface area contributed by atoms with Crippen molar-refractivity contribution in [2.45, 2.75) is 6.92 Å². The standard InChI is InChI=1S/C9H9N/c1-7-6-10-9-5-3-2-4-8(7)9/h2-6,10H,1H3/i6D. The van der Waals surface area contributed by atoms with Crippen molar-refractivity contribution in [1.29, 1.82) is 0 Å². The molecule has 1 aromatic heterocycles. The van der Waals surface area contributed by atoms with Crippen molar-refractivity contribution < 1.29 is 1.37 Å². The Balaban J connectivity index is 2.92. The first-order valence-electron chi connectivity index (χ1n) is 3.83. The van der Waals surface area contributed by atoms with Crippen molar-refractivity contribution in [3.05, 3.63) is 36.0 Å². The Morgan fingerprint density at radius 1 is 1.40 bits per heavy atom. The van der Waals surface area contributed by atoms with E-state index in [9.17, 15) is 0 Å². The largest absolute Gasteiger partial charge is 0.361 e. The molecule has 0 amide bonds. The summed E-state index contributed by atoms with van der Waals surface area (Å²) in [5.74, 6) is 0. The molecule has 1 aromatic carbocycles. The molecule has 0 spiro atoms. The van der Waals surface area contributed by atoms with Crippen LogP contribution in [0.1, 0.15) is 6.93 Å². The summed E-state index contributed by atoms with van der Waals surface area (Å²) in [6.07, 6.45) is 0.520. The van der Waals surface area contributed by atoms with E-state index in [1.165, 1.54) is 0 Å². The molecule has 1 heteroatoms. The lowest BCUT2D eigenvalue weighted by Crippen LogP contribution is -1.64. The molecule has 0 aliphatic rings. The Kier molecular flexibility index (Phi) is 0.853. The topological polar surface area (TPSA) is 15.8 Å². The van der Waals surface area contributed by atoms with Crippen LogP contribution in [0.25, 0.3) is 10.9 Å². The van der Waals surface area contributed by atoms with Crippen LogP contribution in [0.15, 0.2) is 30.4 Å². The summed E-state index contributed by atoms with van der Waals surface area (Å²) in [4.78, 5) is 2.99. The van der Waals surface area contributed by atoms with Crippen molar-refractivity contribution in [2.75, 3.05) is 0 Å². The molecule has 0 radical (unpaired) electrons. The SMILES string of the molecule is [2H]c1[nH]c2ccccc2c1C. The molecule has 10 heavy (non-hydrogen) atoms. The molecule has 0 unspecified atom stereocenters. The van der Waals surface area contributed by atoms with Gasteiger partial charge in [0.2, 0.25) is 0 Å². The summed E-state index contributed by atoms with van der Waals surface area (Å²) in [6.45, 7) is 1.96. The third-order valence-electron chi connectivity index (χ3n) is 1.72. The lowest BCUT2D eigenvalue weighted by Gasteiger charge is -1.86. The molecule has 1 heterocycles. The van der Waals surface area contributed by atoms with Crippen LogP contribution in [0.5, 0.6) is 0 Å². The maximum absolute atomic E-state index is 7.49. The second-order valence-electron chi connectivity index (χ2n) is 2.42. The van der Waals surface area contributed by atoms with Gasteiger partial charge in [-0.2, -0.15) is 0 Å². The first-order chi connectivity index (χ1) is 5.29. The first-order valence-corrected chi connectivity index (χ1v) is 3.33. The zero-order valence-corrected chi connectivity index (χ0v) is 5.81. The van der Waals surface area contributed by atoms with Gasteiger partial charge in [0.25, 0.3) is 0 Å². The van der Waals surface area contributed by atoms with E-state index in [1.807, 2.05) is 31.2 Å². The number of aromatic amines is 1. The second-order valence-corrected chi connectivity index (χ2v) is 2.42. The zero-order chi connectivity index (χ0) is 7.84. The van der Waals surface area contributed by atoms with Crippen molar-refractivity contribution in [2.24, 2.45) is 0 Å². The van der Waals surface area contributed by atoms with Crippen molar-refractivity contribution >= 4 is 10.9 Å². The average molecular weight is 132 g/mol. The number of hydrogen-bond donors (Lipinski definition) is 1. The van der Waals surface area contributed by atoms with Crippen LogP contribution < -0.4 is 0 Å². The number of para-hydroxylation sites is 1. The molecule has 1 nitrogen and oxygen atoms in total. The van der Waals surface area contributed by atoms with E-state index in [1.54, 1.807) is 0 Å². The number of rotatable bonds is 0. The Morgan fingerprint density at radius 3 is 3.00 bits per heavy atom. The fourth-order valence-corrected chi connectivity index (χ4v) is 1.15. The van der Waals surface area contributed by atoms with Crippen LogP contribution >= 0.6 is 0 Å². The quantitative estimate of drug-likeness (QED) is 0.566. The smallest absolute Gasteiger partial charge is 0.0819 e. The van der Waals surface area contributed by atoms with Gasteiger partial charge in [-0.25, -0.2) is 0 Å². The minimum Gasteiger partial charge on any atom is -0.361 e. The number of fused-ring (bicyclic) bond motifs is 1. The van der Waals surface area contributed by atoms with Crippen LogP contribution in [-0.2, 0) is 0 Å². The van der Waals surface area contributed by atoms with Crippen LogP contribution in [-0.4, -0.2) is 4.98 Å². The monoisotopic (exact) mass is 132 g/mol. The van der Waals surface area contributed by atoms with Gasteiger partial charge in [0.05, 0.1) is 1.37 Å². The number of H-pyrrole nitrogens is 1. The maximum atomic E-state index is 7.49. The molecule has 0 aliphatic carbocycles. The molecule has 0 atom stereocenters. The summed E-state index contributed by atoms with van der Waals surface area (Å²) >= 11 is 0. The number of benzene rings is 1. The molecule has 50 valence electrons. The van der Waals surface area contributed by atoms with E-state index in [2.05, 4.69) is 4.98 Å². The minimum atomic E-state index is 0.520. The van der Waals surface area contributed by atoms with Crippen LogP contribution in [0.3, 0.4) is 0 Å².